The van der Waals surface area contributed by atoms with E-state index in [9.17, 15) is 13.2 Å². The van der Waals surface area contributed by atoms with Crippen molar-refractivity contribution in [1.29, 1.82) is 0 Å². The lowest BCUT2D eigenvalue weighted by Crippen LogP contribution is -2.32. The molecular formula is C19H22N4O4S. The van der Waals surface area contributed by atoms with E-state index in [1.165, 1.54) is 26.2 Å². The lowest BCUT2D eigenvalue weighted by atomic mass is 10.2. The molecule has 1 aromatic heterocycles. The van der Waals surface area contributed by atoms with E-state index in [0.29, 0.717) is 22.7 Å². The Balaban J connectivity index is 1.71. The van der Waals surface area contributed by atoms with Gasteiger partial charge in [-0.25, -0.2) is 17.7 Å². The van der Waals surface area contributed by atoms with E-state index >= 15 is 0 Å². The summed E-state index contributed by atoms with van der Waals surface area (Å²) in [5.74, 6) is 0.279. The molecular weight excluding hydrogens is 380 g/mol. The number of sulfonamides is 1. The third kappa shape index (κ3) is 4.15. The van der Waals surface area contributed by atoms with Crippen LogP contribution in [0.4, 0.5) is 11.4 Å². The topological polar surface area (TPSA) is 105 Å². The predicted octanol–water partition coefficient (Wildman–Crippen LogP) is 2.83. The standard InChI is InChI=1S/C19H22N4O4S/c1-12(20-15-8-9-18-17(11-15)21-13(2)27-18)19(24)22-14-6-5-7-16(10-14)28(25,26)23(3)4/h5-12,20H,1-4H3,(H,22,24). The second-order valence-electron chi connectivity index (χ2n) is 6.59. The predicted molar refractivity (Wildman–Crippen MR) is 108 cm³/mol. The molecule has 3 rings (SSSR count). The van der Waals surface area contributed by atoms with Crippen LogP contribution in [-0.2, 0) is 14.8 Å². The first-order valence-electron chi connectivity index (χ1n) is 8.64. The Morgan fingerprint density at radius 1 is 1.14 bits per heavy atom. The minimum absolute atomic E-state index is 0.114. The molecule has 0 aliphatic carbocycles. The largest absolute Gasteiger partial charge is 0.441 e. The minimum atomic E-state index is -3.57. The Morgan fingerprint density at radius 2 is 1.89 bits per heavy atom. The van der Waals surface area contributed by atoms with Crippen LogP contribution in [0.1, 0.15) is 12.8 Å². The van der Waals surface area contributed by atoms with Crippen molar-refractivity contribution >= 4 is 38.4 Å². The number of oxazole rings is 1. The number of fused-ring (bicyclic) bond motifs is 1. The normalized spacial score (nSPS) is 12.9. The van der Waals surface area contributed by atoms with Crippen LogP contribution < -0.4 is 10.6 Å². The van der Waals surface area contributed by atoms with Gasteiger partial charge in [-0.05, 0) is 43.3 Å². The summed E-state index contributed by atoms with van der Waals surface area (Å²) in [4.78, 5) is 16.9. The second kappa shape index (κ2) is 7.61. The number of benzene rings is 2. The molecule has 0 radical (unpaired) electrons. The molecule has 0 saturated heterocycles. The summed E-state index contributed by atoms with van der Waals surface area (Å²) in [6, 6.07) is 11.0. The van der Waals surface area contributed by atoms with Crippen LogP contribution in [0, 0.1) is 6.92 Å². The summed E-state index contributed by atoms with van der Waals surface area (Å²) in [5.41, 5.74) is 2.52. The molecule has 0 aliphatic heterocycles. The van der Waals surface area contributed by atoms with E-state index in [4.69, 9.17) is 4.42 Å². The number of aryl methyl sites for hydroxylation is 1. The highest BCUT2D eigenvalue weighted by Gasteiger charge is 2.19. The number of hydrogen-bond acceptors (Lipinski definition) is 6. The number of carbonyl (C=O) groups excluding carboxylic acids is 1. The van der Waals surface area contributed by atoms with Gasteiger partial charge in [-0.15, -0.1) is 0 Å². The van der Waals surface area contributed by atoms with Gasteiger partial charge in [-0.3, -0.25) is 4.79 Å². The van der Waals surface area contributed by atoms with Gasteiger partial charge in [0.1, 0.15) is 11.6 Å². The first-order chi connectivity index (χ1) is 13.2. The van der Waals surface area contributed by atoms with Crippen LogP contribution in [-0.4, -0.2) is 43.8 Å². The highest BCUT2D eigenvalue weighted by molar-refractivity contribution is 7.89. The molecule has 1 amide bonds. The molecule has 0 spiro atoms. The Bertz CT molecular complexity index is 1120. The lowest BCUT2D eigenvalue weighted by Gasteiger charge is -2.16. The molecule has 2 aromatic carbocycles. The zero-order chi connectivity index (χ0) is 20.5. The van der Waals surface area contributed by atoms with Crippen molar-refractivity contribution in [2.45, 2.75) is 24.8 Å². The number of amides is 1. The van der Waals surface area contributed by atoms with E-state index in [1.807, 2.05) is 0 Å². The van der Waals surface area contributed by atoms with Crippen molar-refractivity contribution in [3.63, 3.8) is 0 Å². The molecule has 1 atom stereocenters. The van der Waals surface area contributed by atoms with Crippen molar-refractivity contribution in [2.24, 2.45) is 0 Å². The van der Waals surface area contributed by atoms with E-state index in [-0.39, 0.29) is 10.8 Å². The van der Waals surface area contributed by atoms with Gasteiger partial charge in [0, 0.05) is 32.4 Å². The molecule has 1 heterocycles. The summed E-state index contributed by atoms with van der Waals surface area (Å²) in [5, 5.41) is 5.84. The van der Waals surface area contributed by atoms with Crippen LogP contribution in [0.25, 0.3) is 11.1 Å². The molecule has 28 heavy (non-hydrogen) atoms. The smallest absolute Gasteiger partial charge is 0.246 e. The Morgan fingerprint density at radius 3 is 2.61 bits per heavy atom. The maximum absolute atomic E-state index is 12.5. The quantitative estimate of drug-likeness (QED) is 0.657. The van der Waals surface area contributed by atoms with Crippen molar-refractivity contribution in [2.75, 3.05) is 24.7 Å². The molecule has 2 N–H and O–H groups in total. The number of hydrogen-bond donors (Lipinski definition) is 2. The van der Waals surface area contributed by atoms with Crippen LogP contribution >= 0.6 is 0 Å². The summed E-state index contributed by atoms with van der Waals surface area (Å²) in [6.45, 7) is 3.49. The molecule has 0 saturated carbocycles. The second-order valence-corrected chi connectivity index (χ2v) is 8.74. The molecule has 9 heteroatoms. The number of nitrogens with zero attached hydrogens (tertiary/aromatic N) is 2. The van der Waals surface area contributed by atoms with Crippen molar-refractivity contribution in [3.05, 3.63) is 48.4 Å². The maximum atomic E-state index is 12.5. The van der Waals surface area contributed by atoms with E-state index < -0.39 is 16.1 Å². The van der Waals surface area contributed by atoms with Gasteiger partial charge in [-0.2, -0.15) is 0 Å². The first kappa shape index (κ1) is 19.8. The summed E-state index contributed by atoms with van der Waals surface area (Å²) in [7, 11) is -0.656. The summed E-state index contributed by atoms with van der Waals surface area (Å²) >= 11 is 0. The lowest BCUT2D eigenvalue weighted by molar-refractivity contribution is -0.116. The molecule has 148 valence electrons. The number of aromatic nitrogens is 1. The number of anilines is 2. The van der Waals surface area contributed by atoms with Gasteiger partial charge in [0.2, 0.25) is 15.9 Å². The SMILES string of the molecule is Cc1nc2cc(NC(C)C(=O)Nc3cccc(S(=O)(=O)N(C)C)c3)ccc2o1. The number of nitrogens with one attached hydrogen (secondary N) is 2. The average molecular weight is 402 g/mol. The third-order valence-corrected chi connectivity index (χ3v) is 5.96. The van der Waals surface area contributed by atoms with Crippen LogP contribution in [0.3, 0.4) is 0 Å². The molecule has 1 unspecified atom stereocenters. The van der Waals surface area contributed by atoms with Crippen LogP contribution in [0.2, 0.25) is 0 Å². The van der Waals surface area contributed by atoms with Crippen molar-refractivity contribution in [1.82, 2.24) is 9.29 Å². The zero-order valence-electron chi connectivity index (χ0n) is 16.1. The van der Waals surface area contributed by atoms with Gasteiger partial charge >= 0.3 is 0 Å². The van der Waals surface area contributed by atoms with Gasteiger partial charge < -0.3 is 15.1 Å². The van der Waals surface area contributed by atoms with Crippen LogP contribution in [0.15, 0.2) is 51.8 Å². The Labute approximate surface area is 163 Å². The molecule has 0 fully saturated rings. The van der Waals surface area contributed by atoms with E-state index in [2.05, 4.69) is 15.6 Å². The summed E-state index contributed by atoms with van der Waals surface area (Å²) < 4.78 is 31.0. The van der Waals surface area contributed by atoms with Gasteiger partial charge in [0.05, 0.1) is 4.90 Å². The first-order valence-corrected chi connectivity index (χ1v) is 10.1. The van der Waals surface area contributed by atoms with E-state index in [0.717, 1.165) is 9.99 Å². The van der Waals surface area contributed by atoms with Crippen molar-refractivity contribution in [3.8, 4) is 0 Å². The number of rotatable bonds is 6. The minimum Gasteiger partial charge on any atom is -0.441 e. The third-order valence-electron chi connectivity index (χ3n) is 4.15. The fraction of sp³-hybridized carbons (Fsp3) is 0.263. The Hall–Kier alpha value is -2.91. The molecule has 3 aromatic rings. The Kier molecular flexibility index (Phi) is 5.39. The van der Waals surface area contributed by atoms with E-state index in [1.54, 1.807) is 44.2 Å². The summed E-state index contributed by atoms with van der Waals surface area (Å²) in [6.07, 6.45) is 0. The fourth-order valence-corrected chi connectivity index (χ4v) is 3.59. The van der Waals surface area contributed by atoms with Gasteiger partial charge in [-0.1, -0.05) is 6.07 Å². The number of carbonyl (C=O) groups is 1. The molecule has 8 nitrogen and oxygen atoms in total. The monoisotopic (exact) mass is 402 g/mol. The zero-order valence-corrected chi connectivity index (χ0v) is 16.9. The molecule has 0 aliphatic rings. The molecule has 0 bridgehead atoms. The average Bonchev–Trinajstić information content (AvgIpc) is 3.01. The highest BCUT2D eigenvalue weighted by atomic mass is 32.2. The van der Waals surface area contributed by atoms with Crippen molar-refractivity contribution < 1.29 is 17.6 Å². The van der Waals surface area contributed by atoms with Gasteiger partial charge in [0.15, 0.2) is 11.5 Å². The fourth-order valence-electron chi connectivity index (χ4n) is 2.64. The van der Waals surface area contributed by atoms with Crippen LogP contribution in [0.5, 0.6) is 0 Å². The highest BCUT2D eigenvalue weighted by Crippen LogP contribution is 2.21. The maximum Gasteiger partial charge on any atom is 0.246 e. The van der Waals surface area contributed by atoms with Gasteiger partial charge in [0.25, 0.3) is 0 Å².